The summed E-state index contributed by atoms with van der Waals surface area (Å²) in [5.41, 5.74) is 2.19. The standard InChI is InChI=1S/C15H18ClNO3S/c1-10-5-7-13(8-6-10)17(4)21(18,19)15-12(3)20-11(2)14(15)9-16/h5-8H,9H2,1-4H3. The third-order valence-corrected chi connectivity index (χ3v) is 5.72. The smallest absolute Gasteiger partial charge is 0.267 e. The Balaban J connectivity index is 2.54. The van der Waals surface area contributed by atoms with Crippen molar-refractivity contribution in [2.45, 2.75) is 31.5 Å². The highest BCUT2D eigenvalue weighted by Gasteiger charge is 2.30. The zero-order valence-corrected chi connectivity index (χ0v) is 14.0. The van der Waals surface area contributed by atoms with Gasteiger partial charge < -0.3 is 4.42 Å². The largest absolute Gasteiger partial charge is 0.465 e. The van der Waals surface area contributed by atoms with E-state index in [4.69, 9.17) is 16.0 Å². The molecule has 0 radical (unpaired) electrons. The molecule has 0 unspecified atom stereocenters. The van der Waals surface area contributed by atoms with Crippen molar-refractivity contribution in [2.75, 3.05) is 11.4 Å². The second-order valence-corrected chi connectivity index (χ2v) is 7.14. The molecular formula is C15H18ClNO3S. The Morgan fingerprint density at radius 3 is 2.19 bits per heavy atom. The summed E-state index contributed by atoms with van der Waals surface area (Å²) in [5.74, 6) is 1.000. The van der Waals surface area contributed by atoms with Crippen molar-refractivity contribution < 1.29 is 12.8 Å². The van der Waals surface area contributed by atoms with Gasteiger partial charge in [-0.3, -0.25) is 4.31 Å². The predicted molar refractivity (Wildman–Crippen MR) is 84.5 cm³/mol. The fraction of sp³-hybridized carbons (Fsp3) is 0.333. The van der Waals surface area contributed by atoms with E-state index < -0.39 is 10.0 Å². The van der Waals surface area contributed by atoms with E-state index in [1.165, 1.54) is 11.4 Å². The van der Waals surface area contributed by atoms with E-state index >= 15 is 0 Å². The molecular weight excluding hydrogens is 310 g/mol. The van der Waals surface area contributed by atoms with E-state index in [1.54, 1.807) is 26.0 Å². The topological polar surface area (TPSA) is 50.5 Å². The van der Waals surface area contributed by atoms with Crippen molar-refractivity contribution in [2.24, 2.45) is 0 Å². The molecule has 21 heavy (non-hydrogen) atoms. The van der Waals surface area contributed by atoms with Crippen LogP contribution in [0.25, 0.3) is 0 Å². The number of benzene rings is 1. The second-order valence-electron chi connectivity index (χ2n) is 4.96. The third-order valence-electron chi connectivity index (χ3n) is 3.47. The lowest BCUT2D eigenvalue weighted by Gasteiger charge is -2.20. The van der Waals surface area contributed by atoms with Crippen LogP contribution >= 0.6 is 11.6 Å². The first kappa shape index (κ1) is 15.9. The number of halogens is 1. The van der Waals surface area contributed by atoms with Crippen molar-refractivity contribution in [3.63, 3.8) is 0 Å². The average molecular weight is 328 g/mol. The van der Waals surface area contributed by atoms with Gasteiger partial charge in [0.1, 0.15) is 16.4 Å². The molecule has 6 heteroatoms. The molecule has 1 aromatic heterocycles. The van der Waals surface area contributed by atoms with E-state index in [0.717, 1.165) is 5.56 Å². The highest BCUT2D eigenvalue weighted by molar-refractivity contribution is 7.92. The van der Waals surface area contributed by atoms with Crippen LogP contribution in [0.2, 0.25) is 0 Å². The lowest BCUT2D eigenvalue weighted by Crippen LogP contribution is -2.27. The third kappa shape index (κ3) is 2.80. The predicted octanol–water partition coefficient (Wildman–Crippen LogP) is 3.77. The maximum absolute atomic E-state index is 12.8. The van der Waals surface area contributed by atoms with Crippen molar-refractivity contribution in [3.8, 4) is 0 Å². The van der Waals surface area contributed by atoms with E-state index in [0.29, 0.717) is 22.8 Å². The van der Waals surface area contributed by atoms with E-state index in [1.807, 2.05) is 19.1 Å². The minimum absolute atomic E-state index is 0.0967. The van der Waals surface area contributed by atoms with Crippen molar-refractivity contribution in [1.29, 1.82) is 0 Å². The van der Waals surface area contributed by atoms with Gasteiger partial charge in [-0.1, -0.05) is 17.7 Å². The van der Waals surface area contributed by atoms with Gasteiger partial charge in [0.05, 0.1) is 11.6 Å². The van der Waals surface area contributed by atoms with Gasteiger partial charge in [-0.2, -0.15) is 0 Å². The van der Waals surface area contributed by atoms with Gasteiger partial charge >= 0.3 is 0 Å². The van der Waals surface area contributed by atoms with E-state index in [2.05, 4.69) is 0 Å². The summed E-state index contributed by atoms with van der Waals surface area (Å²) < 4.78 is 32.4. The monoisotopic (exact) mass is 327 g/mol. The van der Waals surface area contributed by atoms with Gasteiger partial charge in [-0.25, -0.2) is 8.42 Å². The number of anilines is 1. The highest BCUT2D eigenvalue weighted by Crippen LogP contribution is 2.32. The molecule has 0 amide bonds. The zero-order chi connectivity index (χ0) is 15.8. The molecule has 0 aliphatic rings. The Morgan fingerprint density at radius 1 is 1.10 bits per heavy atom. The minimum Gasteiger partial charge on any atom is -0.465 e. The van der Waals surface area contributed by atoms with E-state index in [-0.39, 0.29) is 10.8 Å². The fourth-order valence-electron chi connectivity index (χ4n) is 2.23. The maximum Gasteiger partial charge on any atom is 0.267 e. The van der Waals surface area contributed by atoms with Gasteiger partial charge in [0.25, 0.3) is 10.0 Å². The number of nitrogens with zero attached hydrogens (tertiary/aromatic N) is 1. The SMILES string of the molecule is Cc1ccc(N(C)S(=O)(=O)c2c(C)oc(C)c2CCl)cc1. The van der Waals surface area contributed by atoms with Crippen molar-refractivity contribution in [1.82, 2.24) is 0 Å². The van der Waals surface area contributed by atoms with Crippen LogP contribution in [-0.2, 0) is 15.9 Å². The second kappa shape index (κ2) is 5.73. The van der Waals surface area contributed by atoms with Crippen LogP contribution < -0.4 is 4.31 Å². The molecule has 0 fully saturated rings. The number of aryl methyl sites for hydroxylation is 3. The zero-order valence-electron chi connectivity index (χ0n) is 12.5. The summed E-state index contributed by atoms with van der Waals surface area (Å²) in [5, 5.41) is 0. The van der Waals surface area contributed by atoms with Crippen LogP contribution in [0.4, 0.5) is 5.69 Å². The van der Waals surface area contributed by atoms with E-state index in [9.17, 15) is 8.42 Å². The number of hydrogen-bond donors (Lipinski definition) is 0. The number of furan rings is 1. The summed E-state index contributed by atoms with van der Waals surface area (Å²) in [6.45, 7) is 5.31. The molecule has 0 saturated carbocycles. The molecule has 4 nitrogen and oxygen atoms in total. The summed E-state index contributed by atoms with van der Waals surface area (Å²) >= 11 is 5.89. The highest BCUT2D eigenvalue weighted by atomic mass is 35.5. The first-order chi connectivity index (χ1) is 9.78. The number of rotatable bonds is 4. The Bertz CT molecular complexity index is 748. The molecule has 0 aliphatic carbocycles. The first-order valence-corrected chi connectivity index (χ1v) is 8.47. The van der Waals surface area contributed by atoms with Gasteiger partial charge in [0.15, 0.2) is 0 Å². The summed E-state index contributed by atoms with van der Waals surface area (Å²) in [4.78, 5) is 0.165. The minimum atomic E-state index is -3.70. The molecule has 1 aromatic carbocycles. The molecule has 0 N–H and O–H groups in total. The number of alkyl halides is 1. The van der Waals surface area contributed by atoms with Crippen LogP contribution in [-0.4, -0.2) is 15.5 Å². The first-order valence-electron chi connectivity index (χ1n) is 6.49. The summed E-state index contributed by atoms with van der Waals surface area (Å²) in [6, 6.07) is 7.29. The Kier molecular flexibility index (Phi) is 4.35. The Labute approximate surface area is 130 Å². The van der Waals surface area contributed by atoms with Crippen LogP contribution in [0.15, 0.2) is 33.6 Å². The van der Waals surface area contributed by atoms with Crippen molar-refractivity contribution in [3.05, 3.63) is 46.9 Å². The molecule has 1 heterocycles. The molecule has 0 aliphatic heterocycles. The molecule has 0 spiro atoms. The van der Waals surface area contributed by atoms with Crippen LogP contribution in [0.5, 0.6) is 0 Å². The van der Waals surface area contributed by atoms with Gasteiger partial charge in [0.2, 0.25) is 0 Å². The quantitative estimate of drug-likeness (QED) is 0.803. The number of hydrogen-bond acceptors (Lipinski definition) is 3. The molecule has 114 valence electrons. The van der Waals surface area contributed by atoms with Crippen LogP contribution in [0, 0.1) is 20.8 Å². The molecule has 0 saturated heterocycles. The Hall–Kier alpha value is -1.46. The maximum atomic E-state index is 12.8. The number of sulfonamides is 1. The van der Waals surface area contributed by atoms with Crippen LogP contribution in [0.1, 0.15) is 22.6 Å². The molecule has 2 rings (SSSR count). The lowest BCUT2D eigenvalue weighted by molar-refractivity contribution is 0.495. The molecule has 0 bridgehead atoms. The fourth-order valence-corrected chi connectivity index (χ4v) is 4.24. The molecule has 0 atom stereocenters. The van der Waals surface area contributed by atoms with Gasteiger partial charge in [-0.05, 0) is 32.9 Å². The van der Waals surface area contributed by atoms with Gasteiger partial charge in [-0.15, -0.1) is 11.6 Å². The Morgan fingerprint density at radius 2 is 1.67 bits per heavy atom. The summed E-state index contributed by atoms with van der Waals surface area (Å²) in [7, 11) is -2.17. The summed E-state index contributed by atoms with van der Waals surface area (Å²) in [6.07, 6.45) is 0. The normalized spacial score (nSPS) is 11.7. The molecule has 2 aromatic rings. The van der Waals surface area contributed by atoms with Gasteiger partial charge in [0, 0.05) is 12.6 Å². The lowest BCUT2D eigenvalue weighted by atomic mass is 10.2. The van der Waals surface area contributed by atoms with Crippen LogP contribution in [0.3, 0.4) is 0 Å². The van der Waals surface area contributed by atoms with Crippen molar-refractivity contribution >= 4 is 27.3 Å². The average Bonchev–Trinajstić information content (AvgIpc) is 2.73.